The smallest absolute Gasteiger partial charge is 0.333 e. The van der Waals surface area contributed by atoms with Crippen LogP contribution in [0.25, 0.3) is 0 Å². The monoisotopic (exact) mass is 314 g/mol. The van der Waals surface area contributed by atoms with E-state index >= 15 is 0 Å². The van der Waals surface area contributed by atoms with Crippen LogP contribution in [0.4, 0.5) is 0 Å². The third kappa shape index (κ3) is 3.02. The first-order chi connectivity index (χ1) is 10.4. The van der Waals surface area contributed by atoms with E-state index < -0.39 is 48.9 Å². The number of aliphatic hydroxyl groups is 3. The second kappa shape index (κ2) is 6.53. The molecule has 1 fully saturated rings. The van der Waals surface area contributed by atoms with Crippen molar-refractivity contribution >= 4 is 6.29 Å². The van der Waals surface area contributed by atoms with E-state index in [2.05, 4.69) is 0 Å². The summed E-state index contributed by atoms with van der Waals surface area (Å²) in [5, 5.41) is 28.2. The minimum absolute atomic E-state index is 0.0824. The summed E-state index contributed by atoms with van der Waals surface area (Å²) in [4.78, 5) is 34.9. The highest BCUT2D eigenvalue weighted by Gasteiger charge is 2.35. The van der Waals surface area contributed by atoms with Crippen molar-refractivity contribution < 1.29 is 24.9 Å². The maximum Gasteiger partial charge on any atom is 0.333 e. The van der Waals surface area contributed by atoms with E-state index in [-0.39, 0.29) is 18.3 Å². The zero-order chi connectivity index (χ0) is 16.4. The number of hydrogen-bond acceptors (Lipinski definition) is 7. The predicted octanol–water partition coefficient (Wildman–Crippen LogP) is -2.48. The van der Waals surface area contributed by atoms with Crippen LogP contribution in [0.3, 0.4) is 0 Å². The van der Waals surface area contributed by atoms with Gasteiger partial charge in [-0.25, -0.2) is 4.79 Å². The molecular weight excluding hydrogens is 296 g/mol. The Hall–Kier alpha value is -1.81. The Balaban J connectivity index is 2.44. The molecule has 0 radical (unpaired) electrons. The molecule has 9 nitrogen and oxygen atoms in total. The summed E-state index contributed by atoms with van der Waals surface area (Å²) in [6.07, 6.45) is -2.43. The van der Waals surface area contributed by atoms with Gasteiger partial charge in [0.15, 0.2) is 0 Å². The van der Waals surface area contributed by atoms with Gasteiger partial charge >= 0.3 is 5.69 Å². The van der Waals surface area contributed by atoms with Crippen LogP contribution in [0, 0.1) is 6.92 Å². The van der Waals surface area contributed by atoms with E-state index in [9.17, 15) is 24.6 Å². The van der Waals surface area contributed by atoms with E-state index in [1.807, 2.05) is 0 Å². The minimum atomic E-state index is -1.47. The summed E-state index contributed by atoms with van der Waals surface area (Å²) in [5.74, 6) is 0. The van der Waals surface area contributed by atoms with Gasteiger partial charge in [-0.15, -0.1) is 0 Å². The topological polar surface area (TPSA) is 131 Å². The fourth-order valence-electron chi connectivity index (χ4n) is 2.41. The second-order valence-electron chi connectivity index (χ2n) is 5.24. The first kappa shape index (κ1) is 16.6. The molecule has 3 N–H and O–H groups in total. The lowest BCUT2D eigenvalue weighted by Crippen LogP contribution is -2.44. The van der Waals surface area contributed by atoms with Crippen molar-refractivity contribution in [1.82, 2.24) is 9.13 Å². The van der Waals surface area contributed by atoms with Gasteiger partial charge < -0.3 is 24.9 Å². The average Bonchev–Trinajstić information content (AvgIpc) is 2.87. The number of nitrogens with zero attached hydrogens (tertiary/aromatic N) is 2. The molecule has 0 aromatic carbocycles. The number of aromatic nitrogens is 2. The molecule has 0 bridgehead atoms. The van der Waals surface area contributed by atoms with Crippen LogP contribution in [0.5, 0.6) is 0 Å². The third-order valence-electron chi connectivity index (χ3n) is 3.59. The van der Waals surface area contributed by atoms with Gasteiger partial charge in [0, 0.05) is 18.2 Å². The molecule has 1 unspecified atom stereocenters. The fraction of sp³-hybridized carbons (Fsp3) is 0.615. The number of aryl methyl sites for hydroxylation is 1. The number of aliphatic hydroxyl groups excluding tert-OH is 3. The maximum absolute atomic E-state index is 12.4. The van der Waals surface area contributed by atoms with E-state index in [4.69, 9.17) is 9.84 Å². The van der Waals surface area contributed by atoms with Crippen molar-refractivity contribution in [1.29, 1.82) is 0 Å². The molecule has 1 aliphatic rings. The molecule has 0 amide bonds. The van der Waals surface area contributed by atoms with E-state index in [0.29, 0.717) is 0 Å². The number of ether oxygens (including phenoxy) is 1. The molecule has 2 heterocycles. The normalized spacial score (nSPS) is 26.1. The van der Waals surface area contributed by atoms with Gasteiger partial charge in [-0.2, -0.15) is 0 Å². The van der Waals surface area contributed by atoms with Gasteiger partial charge in [0.1, 0.15) is 24.7 Å². The summed E-state index contributed by atoms with van der Waals surface area (Å²) in [7, 11) is 0. The maximum atomic E-state index is 12.4. The molecular formula is C13H18N2O7. The van der Waals surface area contributed by atoms with Crippen molar-refractivity contribution in [3.8, 4) is 0 Å². The van der Waals surface area contributed by atoms with Crippen LogP contribution >= 0.6 is 0 Å². The molecule has 1 saturated heterocycles. The van der Waals surface area contributed by atoms with Crippen molar-refractivity contribution in [3.05, 3.63) is 32.6 Å². The molecule has 4 atom stereocenters. The highest BCUT2D eigenvalue weighted by Crippen LogP contribution is 2.27. The Labute approximate surface area is 125 Å². The van der Waals surface area contributed by atoms with Gasteiger partial charge in [0.2, 0.25) is 0 Å². The Morgan fingerprint density at radius 2 is 2.18 bits per heavy atom. The molecule has 1 aromatic rings. The largest absolute Gasteiger partial charge is 0.394 e. The molecule has 1 aromatic heterocycles. The van der Waals surface area contributed by atoms with Crippen LogP contribution in [0.2, 0.25) is 0 Å². The molecule has 9 heteroatoms. The molecule has 2 rings (SSSR count). The summed E-state index contributed by atoms with van der Waals surface area (Å²) in [5.41, 5.74) is -1.14. The summed E-state index contributed by atoms with van der Waals surface area (Å²) in [6.45, 7) is 0.632. The van der Waals surface area contributed by atoms with Gasteiger partial charge in [-0.3, -0.25) is 13.9 Å². The summed E-state index contributed by atoms with van der Waals surface area (Å²) >= 11 is 0. The lowest BCUT2D eigenvalue weighted by Gasteiger charge is -2.17. The first-order valence-corrected chi connectivity index (χ1v) is 6.79. The molecule has 0 saturated carbocycles. The lowest BCUT2D eigenvalue weighted by molar-refractivity contribution is -0.115. The number of carbonyl (C=O) groups is 1. The Bertz CT molecular complexity index is 665. The second-order valence-corrected chi connectivity index (χ2v) is 5.24. The summed E-state index contributed by atoms with van der Waals surface area (Å²) in [6, 6.07) is 0. The Kier molecular flexibility index (Phi) is 4.91. The number of hydrogen-bond donors (Lipinski definition) is 3. The molecule has 1 aliphatic heterocycles. The average molecular weight is 314 g/mol. The number of aldehydes is 1. The fourth-order valence-corrected chi connectivity index (χ4v) is 2.41. The highest BCUT2D eigenvalue weighted by molar-refractivity contribution is 5.55. The molecule has 22 heavy (non-hydrogen) atoms. The molecule has 0 spiro atoms. The Morgan fingerprint density at radius 1 is 1.50 bits per heavy atom. The van der Waals surface area contributed by atoms with Crippen LogP contribution in [-0.4, -0.2) is 55.7 Å². The van der Waals surface area contributed by atoms with Crippen molar-refractivity contribution in [2.24, 2.45) is 0 Å². The van der Waals surface area contributed by atoms with Crippen LogP contribution < -0.4 is 11.2 Å². The first-order valence-electron chi connectivity index (χ1n) is 6.79. The standard InChI is InChI=1S/C13H18N2O7/c1-7-3-14(11-2-9(19)10(6-17)22-11)13(21)15(12(7)20)4-8(18)5-16/h3,5,8-11,17-19H,2,4,6H2,1H3/t8?,9-,10+,11+/m0/s1. The number of rotatable bonds is 5. The van der Waals surface area contributed by atoms with Gasteiger partial charge in [0.25, 0.3) is 5.56 Å². The van der Waals surface area contributed by atoms with E-state index in [0.717, 1.165) is 9.13 Å². The van der Waals surface area contributed by atoms with Crippen LogP contribution in [0.1, 0.15) is 18.2 Å². The SMILES string of the molecule is Cc1cn([C@H]2C[C@H](O)[C@@H](CO)O2)c(=O)n(CC(O)C=O)c1=O. The zero-order valence-corrected chi connectivity index (χ0v) is 12.0. The van der Waals surface area contributed by atoms with Gasteiger partial charge in [-0.05, 0) is 6.92 Å². The lowest BCUT2D eigenvalue weighted by atomic mass is 10.2. The predicted molar refractivity (Wildman–Crippen MR) is 73.4 cm³/mol. The van der Waals surface area contributed by atoms with E-state index in [1.165, 1.54) is 13.1 Å². The summed E-state index contributed by atoms with van der Waals surface area (Å²) < 4.78 is 7.25. The zero-order valence-electron chi connectivity index (χ0n) is 12.0. The van der Waals surface area contributed by atoms with Crippen molar-refractivity contribution in [3.63, 3.8) is 0 Å². The van der Waals surface area contributed by atoms with Crippen LogP contribution in [-0.2, 0) is 16.1 Å². The Morgan fingerprint density at radius 3 is 2.73 bits per heavy atom. The van der Waals surface area contributed by atoms with Crippen LogP contribution in [0.15, 0.2) is 15.8 Å². The highest BCUT2D eigenvalue weighted by atomic mass is 16.5. The van der Waals surface area contributed by atoms with Crippen molar-refractivity contribution in [2.75, 3.05) is 6.61 Å². The van der Waals surface area contributed by atoms with Gasteiger partial charge in [-0.1, -0.05) is 0 Å². The molecule has 0 aliphatic carbocycles. The van der Waals surface area contributed by atoms with Gasteiger partial charge in [0.05, 0.1) is 19.3 Å². The van der Waals surface area contributed by atoms with Crippen molar-refractivity contribution in [2.45, 2.75) is 44.4 Å². The minimum Gasteiger partial charge on any atom is -0.394 e. The molecule has 122 valence electrons. The number of carbonyl (C=O) groups excluding carboxylic acids is 1. The quantitative estimate of drug-likeness (QED) is 0.513. The third-order valence-corrected chi connectivity index (χ3v) is 3.59. The van der Waals surface area contributed by atoms with E-state index in [1.54, 1.807) is 0 Å².